The van der Waals surface area contributed by atoms with Gasteiger partial charge in [-0.1, -0.05) is 11.6 Å². The van der Waals surface area contributed by atoms with Crippen molar-refractivity contribution in [2.45, 2.75) is 23.8 Å². The van der Waals surface area contributed by atoms with Gasteiger partial charge in [0.2, 0.25) is 10.0 Å². The molecule has 1 aromatic rings. The number of piperidine rings is 1. The van der Waals surface area contributed by atoms with Gasteiger partial charge in [-0.25, -0.2) is 13.1 Å². The van der Waals surface area contributed by atoms with E-state index in [1.54, 1.807) is 6.07 Å². The van der Waals surface area contributed by atoms with E-state index >= 15 is 0 Å². The predicted octanol–water partition coefficient (Wildman–Crippen LogP) is 2.55. The summed E-state index contributed by atoms with van der Waals surface area (Å²) in [5.74, 6) is 0. The van der Waals surface area contributed by atoms with Crippen LogP contribution in [0.25, 0.3) is 0 Å². The topological polar surface area (TPSA) is 58.2 Å². The minimum atomic E-state index is -3.48. The Bertz CT molecular complexity index is 533. The standard InChI is InChI=1S/C11H14BrClN2O2S.ClH/c12-10-6-9(3-4-11(10)13)18(16,17)15-8-2-1-5-14-7-8;/h3-4,6,8,14-15H,1-2,5,7H2;1H/t8-;/m0./s1. The van der Waals surface area contributed by atoms with Crippen LogP contribution in [0.15, 0.2) is 27.6 Å². The van der Waals surface area contributed by atoms with Crippen LogP contribution in [-0.2, 0) is 10.0 Å². The normalized spacial score (nSPS) is 19.8. The number of sulfonamides is 1. The molecule has 0 radical (unpaired) electrons. The lowest BCUT2D eigenvalue weighted by Crippen LogP contribution is -2.45. The molecule has 2 rings (SSSR count). The van der Waals surface area contributed by atoms with Gasteiger partial charge >= 0.3 is 0 Å². The summed E-state index contributed by atoms with van der Waals surface area (Å²) in [5.41, 5.74) is 0. The minimum Gasteiger partial charge on any atom is -0.315 e. The lowest BCUT2D eigenvalue weighted by atomic mass is 10.1. The van der Waals surface area contributed by atoms with Crippen molar-refractivity contribution in [3.8, 4) is 0 Å². The van der Waals surface area contributed by atoms with Gasteiger partial charge in [-0.15, -0.1) is 12.4 Å². The molecule has 19 heavy (non-hydrogen) atoms. The van der Waals surface area contributed by atoms with E-state index in [1.807, 2.05) is 0 Å². The molecule has 8 heteroatoms. The van der Waals surface area contributed by atoms with Crippen molar-refractivity contribution in [1.29, 1.82) is 0 Å². The summed E-state index contributed by atoms with van der Waals surface area (Å²) >= 11 is 9.08. The molecule has 1 saturated heterocycles. The highest BCUT2D eigenvalue weighted by atomic mass is 79.9. The van der Waals surface area contributed by atoms with Crippen molar-refractivity contribution in [2.24, 2.45) is 0 Å². The molecular weight excluding hydrogens is 375 g/mol. The van der Waals surface area contributed by atoms with E-state index in [2.05, 4.69) is 26.0 Å². The van der Waals surface area contributed by atoms with Crippen LogP contribution in [0.5, 0.6) is 0 Å². The summed E-state index contributed by atoms with van der Waals surface area (Å²) in [6.07, 6.45) is 1.85. The van der Waals surface area contributed by atoms with Gasteiger partial charge in [0, 0.05) is 17.1 Å². The minimum absolute atomic E-state index is 0. The highest BCUT2D eigenvalue weighted by Gasteiger charge is 2.22. The van der Waals surface area contributed by atoms with Crippen molar-refractivity contribution in [2.75, 3.05) is 13.1 Å². The van der Waals surface area contributed by atoms with Crippen LogP contribution in [-0.4, -0.2) is 27.5 Å². The summed E-state index contributed by atoms with van der Waals surface area (Å²) < 4.78 is 27.6. The number of benzene rings is 1. The van der Waals surface area contributed by atoms with Gasteiger partial charge in [0.1, 0.15) is 0 Å². The van der Waals surface area contributed by atoms with Gasteiger partial charge in [0.05, 0.1) is 9.92 Å². The number of nitrogens with one attached hydrogen (secondary N) is 2. The van der Waals surface area contributed by atoms with E-state index < -0.39 is 10.0 Å². The summed E-state index contributed by atoms with van der Waals surface area (Å²) in [6, 6.07) is 4.55. The molecule has 108 valence electrons. The SMILES string of the molecule is Cl.O=S(=O)(N[C@H]1CCCNC1)c1ccc(Cl)c(Br)c1. The molecule has 0 unspecified atom stereocenters. The van der Waals surface area contributed by atoms with Crippen LogP contribution in [0, 0.1) is 0 Å². The molecule has 1 aliphatic rings. The van der Waals surface area contributed by atoms with Crippen LogP contribution < -0.4 is 10.0 Å². The summed E-state index contributed by atoms with van der Waals surface area (Å²) in [5, 5.41) is 3.67. The van der Waals surface area contributed by atoms with E-state index in [9.17, 15) is 8.42 Å². The van der Waals surface area contributed by atoms with Crippen molar-refractivity contribution in [1.82, 2.24) is 10.0 Å². The van der Waals surface area contributed by atoms with Crippen LogP contribution in [0.1, 0.15) is 12.8 Å². The fourth-order valence-corrected chi connectivity index (χ4v) is 3.83. The number of halogens is 3. The lowest BCUT2D eigenvalue weighted by Gasteiger charge is -2.23. The molecule has 1 aliphatic heterocycles. The Balaban J connectivity index is 0.00000180. The molecule has 1 atom stereocenters. The Morgan fingerprint density at radius 3 is 2.74 bits per heavy atom. The number of rotatable bonds is 3. The molecule has 2 N–H and O–H groups in total. The predicted molar refractivity (Wildman–Crippen MR) is 82.6 cm³/mol. The third-order valence-electron chi connectivity index (χ3n) is 2.82. The molecule has 0 amide bonds. The molecule has 4 nitrogen and oxygen atoms in total. The average molecular weight is 390 g/mol. The molecule has 1 heterocycles. The van der Waals surface area contributed by atoms with Gasteiger partial charge in [0.15, 0.2) is 0 Å². The van der Waals surface area contributed by atoms with Crippen LogP contribution >= 0.6 is 39.9 Å². The van der Waals surface area contributed by atoms with E-state index in [-0.39, 0.29) is 23.3 Å². The highest BCUT2D eigenvalue weighted by molar-refractivity contribution is 9.10. The molecule has 0 aliphatic carbocycles. The number of hydrogen-bond donors (Lipinski definition) is 2. The van der Waals surface area contributed by atoms with E-state index in [0.29, 0.717) is 16.0 Å². The van der Waals surface area contributed by atoms with E-state index in [0.717, 1.165) is 19.4 Å². The first-order chi connectivity index (χ1) is 8.49. The third kappa shape index (κ3) is 4.58. The zero-order chi connectivity index (χ0) is 13.2. The molecule has 0 aromatic heterocycles. The van der Waals surface area contributed by atoms with Gasteiger partial charge in [-0.05, 0) is 53.5 Å². The third-order valence-corrected chi connectivity index (χ3v) is 5.55. The zero-order valence-corrected chi connectivity index (χ0v) is 14.0. The zero-order valence-electron chi connectivity index (χ0n) is 10.0. The van der Waals surface area contributed by atoms with Gasteiger partial charge in [-0.2, -0.15) is 0 Å². The van der Waals surface area contributed by atoms with Crippen molar-refractivity contribution < 1.29 is 8.42 Å². The van der Waals surface area contributed by atoms with Crippen molar-refractivity contribution in [3.05, 3.63) is 27.7 Å². The average Bonchev–Trinajstić information content (AvgIpc) is 2.33. The fraction of sp³-hybridized carbons (Fsp3) is 0.455. The van der Waals surface area contributed by atoms with E-state index in [1.165, 1.54) is 12.1 Å². The smallest absolute Gasteiger partial charge is 0.240 e. The van der Waals surface area contributed by atoms with E-state index in [4.69, 9.17) is 11.6 Å². The molecule has 1 aromatic carbocycles. The lowest BCUT2D eigenvalue weighted by molar-refractivity contribution is 0.428. The van der Waals surface area contributed by atoms with Crippen molar-refractivity contribution >= 4 is 50.0 Å². The summed E-state index contributed by atoms with van der Waals surface area (Å²) in [7, 11) is -3.48. The number of hydrogen-bond acceptors (Lipinski definition) is 3. The Labute approximate surface area is 132 Å². The molecular formula is C11H15BrCl2N2O2S. The maximum absolute atomic E-state index is 12.2. The van der Waals surface area contributed by atoms with Crippen LogP contribution in [0.3, 0.4) is 0 Å². The maximum atomic E-state index is 12.2. The molecule has 0 saturated carbocycles. The maximum Gasteiger partial charge on any atom is 0.240 e. The molecule has 0 bridgehead atoms. The van der Waals surface area contributed by atoms with Crippen LogP contribution in [0.2, 0.25) is 5.02 Å². The molecule has 1 fully saturated rings. The first-order valence-electron chi connectivity index (χ1n) is 5.67. The Kier molecular flexibility index (Phi) is 6.56. The summed E-state index contributed by atoms with van der Waals surface area (Å²) in [6.45, 7) is 1.62. The van der Waals surface area contributed by atoms with Crippen LogP contribution in [0.4, 0.5) is 0 Å². The quantitative estimate of drug-likeness (QED) is 0.835. The van der Waals surface area contributed by atoms with Gasteiger partial charge < -0.3 is 5.32 Å². The summed E-state index contributed by atoms with van der Waals surface area (Å²) in [4.78, 5) is 0.226. The Morgan fingerprint density at radius 1 is 1.42 bits per heavy atom. The van der Waals surface area contributed by atoms with Gasteiger partial charge in [-0.3, -0.25) is 0 Å². The van der Waals surface area contributed by atoms with Gasteiger partial charge in [0.25, 0.3) is 0 Å². The highest BCUT2D eigenvalue weighted by Crippen LogP contribution is 2.25. The monoisotopic (exact) mass is 388 g/mol. The first kappa shape index (κ1) is 17.2. The second kappa shape index (κ2) is 7.24. The fourth-order valence-electron chi connectivity index (χ4n) is 1.88. The second-order valence-corrected chi connectivity index (χ2v) is 7.22. The largest absolute Gasteiger partial charge is 0.315 e. The van der Waals surface area contributed by atoms with Crippen molar-refractivity contribution in [3.63, 3.8) is 0 Å². The molecule has 0 spiro atoms. The first-order valence-corrected chi connectivity index (χ1v) is 8.32. The Hall–Kier alpha value is 0.150. The Morgan fingerprint density at radius 2 is 2.16 bits per heavy atom. The second-order valence-electron chi connectivity index (χ2n) is 4.24.